The second-order valence-electron chi connectivity index (χ2n) is 4.22. The second-order valence-corrected chi connectivity index (χ2v) is 4.22. The van der Waals surface area contributed by atoms with Gasteiger partial charge in [0.15, 0.2) is 0 Å². The number of hydrogen-bond donors (Lipinski definition) is 1. The Balaban J connectivity index is 2.84. The van der Waals surface area contributed by atoms with Gasteiger partial charge in [0.05, 0.1) is 0 Å². The van der Waals surface area contributed by atoms with Gasteiger partial charge in [-0.3, -0.25) is 4.98 Å². The number of nitrogens with zero attached hydrogens (tertiary/aromatic N) is 1. The Hall–Kier alpha value is -0.890. The highest BCUT2D eigenvalue weighted by atomic mass is 14.7. The van der Waals surface area contributed by atoms with Crippen molar-refractivity contribution in [1.82, 2.24) is 4.98 Å². The van der Waals surface area contributed by atoms with Gasteiger partial charge in [-0.1, -0.05) is 27.2 Å². The molecule has 2 unspecified atom stereocenters. The monoisotopic (exact) mass is 206 g/mol. The quantitative estimate of drug-likeness (QED) is 0.804. The van der Waals surface area contributed by atoms with Gasteiger partial charge in [0.25, 0.3) is 0 Å². The third-order valence-electron chi connectivity index (χ3n) is 3.04. The van der Waals surface area contributed by atoms with Crippen molar-refractivity contribution in [3.05, 3.63) is 29.6 Å². The SMILES string of the molecule is CCCC(C)C(N)c1ccncc1CC. The first-order chi connectivity index (χ1) is 7.20. The first kappa shape index (κ1) is 12.2. The smallest absolute Gasteiger partial charge is 0.0324 e. The minimum Gasteiger partial charge on any atom is -0.324 e. The summed E-state index contributed by atoms with van der Waals surface area (Å²) in [6.45, 7) is 6.59. The van der Waals surface area contributed by atoms with Gasteiger partial charge in [0.1, 0.15) is 0 Å². The van der Waals surface area contributed by atoms with Crippen LogP contribution in [0.25, 0.3) is 0 Å². The van der Waals surface area contributed by atoms with Crippen LogP contribution >= 0.6 is 0 Å². The standard InChI is InChI=1S/C13H22N2/c1-4-6-10(3)13(14)12-7-8-15-9-11(12)5-2/h7-10,13H,4-6,14H2,1-3H3. The topological polar surface area (TPSA) is 38.9 Å². The van der Waals surface area contributed by atoms with E-state index in [1.807, 2.05) is 12.4 Å². The van der Waals surface area contributed by atoms with Gasteiger partial charge in [0.2, 0.25) is 0 Å². The third kappa shape index (κ3) is 3.03. The Morgan fingerprint density at radius 1 is 1.40 bits per heavy atom. The molecular formula is C13H22N2. The lowest BCUT2D eigenvalue weighted by Gasteiger charge is -2.21. The van der Waals surface area contributed by atoms with Crippen molar-refractivity contribution in [2.24, 2.45) is 11.7 Å². The molecule has 84 valence electrons. The van der Waals surface area contributed by atoms with E-state index in [1.165, 1.54) is 24.0 Å². The molecule has 2 heteroatoms. The molecule has 1 rings (SSSR count). The summed E-state index contributed by atoms with van der Waals surface area (Å²) in [6, 6.07) is 2.22. The lowest BCUT2D eigenvalue weighted by Crippen LogP contribution is -2.20. The molecule has 0 saturated heterocycles. The number of hydrogen-bond acceptors (Lipinski definition) is 2. The van der Waals surface area contributed by atoms with E-state index >= 15 is 0 Å². The fourth-order valence-electron chi connectivity index (χ4n) is 2.00. The van der Waals surface area contributed by atoms with Crippen LogP contribution in [0.3, 0.4) is 0 Å². The maximum absolute atomic E-state index is 6.27. The minimum atomic E-state index is 0.155. The van der Waals surface area contributed by atoms with Crippen LogP contribution in [0.15, 0.2) is 18.5 Å². The van der Waals surface area contributed by atoms with Crippen LogP contribution in [0.1, 0.15) is 50.8 Å². The molecule has 0 aromatic carbocycles. The highest BCUT2D eigenvalue weighted by Gasteiger charge is 2.16. The Morgan fingerprint density at radius 2 is 2.13 bits per heavy atom. The van der Waals surface area contributed by atoms with E-state index in [-0.39, 0.29) is 6.04 Å². The molecule has 0 aliphatic rings. The van der Waals surface area contributed by atoms with Gasteiger partial charge in [-0.15, -0.1) is 0 Å². The largest absolute Gasteiger partial charge is 0.324 e. The summed E-state index contributed by atoms with van der Waals surface area (Å²) >= 11 is 0. The Labute approximate surface area is 92.9 Å². The zero-order valence-electron chi connectivity index (χ0n) is 10.0. The molecular weight excluding hydrogens is 184 g/mol. The molecule has 1 aromatic heterocycles. The van der Waals surface area contributed by atoms with Crippen molar-refractivity contribution in [3.8, 4) is 0 Å². The zero-order valence-corrected chi connectivity index (χ0v) is 10.0. The van der Waals surface area contributed by atoms with Crippen molar-refractivity contribution >= 4 is 0 Å². The van der Waals surface area contributed by atoms with Crippen molar-refractivity contribution < 1.29 is 0 Å². The molecule has 0 aliphatic carbocycles. The van der Waals surface area contributed by atoms with Crippen LogP contribution in [0.2, 0.25) is 0 Å². The minimum absolute atomic E-state index is 0.155. The van der Waals surface area contributed by atoms with Gasteiger partial charge < -0.3 is 5.73 Å². The van der Waals surface area contributed by atoms with E-state index in [2.05, 4.69) is 31.8 Å². The van der Waals surface area contributed by atoms with Crippen LogP contribution in [-0.4, -0.2) is 4.98 Å². The Bertz CT molecular complexity index is 296. The average molecular weight is 206 g/mol. The summed E-state index contributed by atoms with van der Waals surface area (Å²) < 4.78 is 0. The van der Waals surface area contributed by atoms with E-state index in [4.69, 9.17) is 5.73 Å². The zero-order chi connectivity index (χ0) is 11.3. The lowest BCUT2D eigenvalue weighted by molar-refractivity contribution is 0.431. The van der Waals surface area contributed by atoms with Crippen LogP contribution in [0, 0.1) is 5.92 Å². The molecule has 2 atom stereocenters. The van der Waals surface area contributed by atoms with Crippen molar-refractivity contribution in [3.63, 3.8) is 0 Å². The van der Waals surface area contributed by atoms with E-state index in [0.29, 0.717) is 5.92 Å². The summed E-state index contributed by atoms with van der Waals surface area (Å²) in [6.07, 6.45) is 7.17. The van der Waals surface area contributed by atoms with Gasteiger partial charge >= 0.3 is 0 Å². The van der Waals surface area contributed by atoms with Crippen molar-refractivity contribution in [2.75, 3.05) is 0 Å². The molecule has 15 heavy (non-hydrogen) atoms. The molecule has 1 heterocycles. The Kier molecular flexibility index (Phi) is 4.76. The normalized spacial score (nSPS) is 14.9. The fourth-order valence-corrected chi connectivity index (χ4v) is 2.00. The van der Waals surface area contributed by atoms with Crippen molar-refractivity contribution in [2.45, 2.75) is 46.1 Å². The maximum Gasteiger partial charge on any atom is 0.0324 e. The summed E-state index contributed by atoms with van der Waals surface area (Å²) in [5.41, 5.74) is 8.83. The first-order valence-corrected chi connectivity index (χ1v) is 5.89. The molecule has 0 fully saturated rings. The molecule has 0 saturated carbocycles. The van der Waals surface area contributed by atoms with E-state index in [1.54, 1.807) is 0 Å². The Morgan fingerprint density at radius 3 is 2.73 bits per heavy atom. The number of rotatable bonds is 5. The molecule has 1 aromatic rings. The fraction of sp³-hybridized carbons (Fsp3) is 0.615. The number of aryl methyl sites for hydroxylation is 1. The summed E-state index contributed by atoms with van der Waals surface area (Å²) in [5.74, 6) is 0.544. The lowest BCUT2D eigenvalue weighted by atomic mass is 9.89. The maximum atomic E-state index is 6.27. The van der Waals surface area contributed by atoms with Gasteiger partial charge in [0, 0.05) is 18.4 Å². The third-order valence-corrected chi connectivity index (χ3v) is 3.04. The number of aromatic nitrogens is 1. The predicted octanol–water partition coefficient (Wildman–Crippen LogP) is 3.08. The predicted molar refractivity (Wildman–Crippen MR) is 64.6 cm³/mol. The molecule has 0 radical (unpaired) electrons. The van der Waals surface area contributed by atoms with Crippen LogP contribution in [0.5, 0.6) is 0 Å². The molecule has 2 nitrogen and oxygen atoms in total. The highest BCUT2D eigenvalue weighted by Crippen LogP contribution is 2.25. The molecule has 2 N–H and O–H groups in total. The summed E-state index contributed by atoms with van der Waals surface area (Å²) in [7, 11) is 0. The highest BCUT2D eigenvalue weighted by molar-refractivity contribution is 5.26. The van der Waals surface area contributed by atoms with Gasteiger partial charge in [-0.25, -0.2) is 0 Å². The molecule has 0 aliphatic heterocycles. The van der Waals surface area contributed by atoms with Gasteiger partial charge in [-0.2, -0.15) is 0 Å². The second kappa shape index (κ2) is 5.86. The molecule has 0 bridgehead atoms. The van der Waals surface area contributed by atoms with Crippen molar-refractivity contribution in [1.29, 1.82) is 0 Å². The number of pyridine rings is 1. The van der Waals surface area contributed by atoms with E-state index in [0.717, 1.165) is 6.42 Å². The number of nitrogens with two attached hydrogens (primary N) is 1. The van der Waals surface area contributed by atoms with Gasteiger partial charge in [-0.05, 0) is 36.0 Å². The van der Waals surface area contributed by atoms with Crippen LogP contribution < -0.4 is 5.73 Å². The van der Waals surface area contributed by atoms with E-state index < -0.39 is 0 Å². The molecule has 0 spiro atoms. The summed E-state index contributed by atoms with van der Waals surface area (Å²) in [5, 5.41) is 0. The van der Waals surface area contributed by atoms with E-state index in [9.17, 15) is 0 Å². The first-order valence-electron chi connectivity index (χ1n) is 5.89. The average Bonchev–Trinajstić information content (AvgIpc) is 2.28. The van der Waals surface area contributed by atoms with Crippen LogP contribution in [0.4, 0.5) is 0 Å². The summed E-state index contributed by atoms with van der Waals surface area (Å²) in [4.78, 5) is 4.15. The molecule has 0 amide bonds. The van der Waals surface area contributed by atoms with Crippen LogP contribution in [-0.2, 0) is 6.42 Å².